The van der Waals surface area contributed by atoms with Crippen LogP contribution in [0, 0.1) is 0 Å². The molecule has 0 atom stereocenters. The summed E-state index contributed by atoms with van der Waals surface area (Å²) in [5.74, 6) is 2.16. The SMILES string of the molecule is CN=C(NCCc1nnc2ccccn12)N1CCN(c2ccccc2O)CC1.I. The Hall–Kier alpha value is -2.56. The molecule has 2 N–H and O–H groups in total. The monoisotopic (exact) mass is 507 g/mol. The molecule has 0 unspecified atom stereocenters. The van der Waals surface area contributed by atoms with Crippen molar-refractivity contribution in [1.82, 2.24) is 24.8 Å². The molecule has 1 saturated heterocycles. The zero-order chi connectivity index (χ0) is 19.3. The number of piperazine rings is 1. The number of nitrogens with one attached hydrogen (secondary N) is 1. The van der Waals surface area contributed by atoms with E-state index >= 15 is 0 Å². The smallest absolute Gasteiger partial charge is 0.193 e. The van der Waals surface area contributed by atoms with E-state index in [-0.39, 0.29) is 24.0 Å². The summed E-state index contributed by atoms with van der Waals surface area (Å²) in [7, 11) is 1.81. The van der Waals surface area contributed by atoms with E-state index in [1.54, 1.807) is 6.07 Å². The van der Waals surface area contributed by atoms with Crippen molar-refractivity contribution in [2.75, 3.05) is 44.7 Å². The number of halogens is 1. The Bertz CT molecular complexity index is 966. The second-order valence-electron chi connectivity index (χ2n) is 6.73. The number of guanidine groups is 1. The molecule has 9 heteroatoms. The lowest BCUT2D eigenvalue weighted by Crippen LogP contribution is -2.52. The third-order valence-corrected chi connectivity index (χ3v) is 5.03. The Morgan fingerprint density at radius 1 is 1.07 bits per heavy atom. The molecular weight excluding hydrogens is 481 g/mol. The molecule has 1 fully saturated rings. The van der Waals surface area contributed by atoms with Crippen LogP contribution in [-0.2, 0) is 6.42 Å². The zero-order valence-electron chi connectivity index (χ0n) is 16.4. The molecule has 0 saturated carbocycles. The van der Waals surface area contributed by atoms with Gasteiger partial charge in [-0.25, -0.2) is 0 Å². The van der Waals surface area contributed by atoms with E-state index in [0.29, 0.717) is 5.75 Å². The van der Waals surface area contributed by atoms with Crippen molar-refractivity contribution in [3.63, 3.8) is 0 Å². The number of nitrogens with zero attached hydrogens (tertiary/aromatic N) is 6. The molecule has 1 aliphatic rings. The average Bonchev–Trinajstić information content (AvgIpc) is 3.15. The van der Waals surface area contributed by atoms with E-state index in [9.17, 15) is 5.11 Å². The first-order chi connectivity index (χ1) is 13.8. The van der Waals surface area contributed by atoms with Gasteiger partial charge in [-0.15, -0.1) is 34.2 Å². The number of benzene rings is 1. The topological polar surface area (TPSA) is 81.3 Å². The molecule has 0 radical (unpaired) electrons. The summed E-state index contributed by atoms with van der Waals surface area (Å²) in [4.78, 5) is 8.89. The highest BCUT2D eigenvalue weighted by Gasteiger charge is 2.21. The molecule has 0 spiro atoms. The normalized spacial score (nSPS) is 14.7. The van der Waals surface area contributed by atoms with Crippen molar-refractivity contribution in [3.05, 3.63) is 54.5 Å². The number of fused-ring (bicyclic) bond motifs is 1. The van der Waals surface area contributed by atoms with Gasteiger partial charge in [-0.1, -0.05) is 18.2 Å². The number of para-hydroxylation sites is 2. The third-order valence-electron chi connectivity index (χ3n) is 5.03. The Balaban J connectivity index is 0.00000240. The minimum Gasteiger partial charge on any atom is -0.506 e. The van der Waals surface area contributed by atoms with Crippen molar-refractivity contribution >= 4 is 41.3 Å². The Labute approximate surface area is 187 Å². The second kappa shape index (κ2) is 9.77. The Kier molecular flexibility index (Phi) is 7.13. The third kappa shape index (κ3) is 4.72. The van der Waals surface area contributed by atoms with Crippen LogP contribution >= 0.6 is 24.0 Å². The summed E-state index contributed by atoms with van der Waals surface area (Å²) in [5, 5.41) is 22.0. The highest BCUT2D eigenvalue weighted by atomic mass is 127. The maximum absolute atomic E-state index is 10.1. The van der Waals surface area contributed by atoms with Gasteiger partial charge in [0.2, 0.25) is 0 Å². The number of hydrogen-bond donors (Lipinski definition) is 2. The number of aromatic hydroxyl groups is 1. The number of phenolic OH excluding ortho intramolecular Hbond substituents is 1. The molecule has 1 aromatic carbocycles. The fourth-order valence-electron chi connectivity index (χ4n) is 3.57. The fraction of sp³-hybridized carbons (Fsp3) is 0.350. The maximum Gasteiger partial charge on any atom is 0.193 e. The molecule has 0 amide bonds. The van der Waals surface area contributed by atoms with E-state index in [1.165, 1.54) is 0 Å². The minimum atomic E-state index is 0. The van der Waals surface area contributed by atoms with Crippen molar-refractivity contribution in [3.8, 4) is 5.75 Å². The van der Waals surface area contributed by atoms with Crippen LogP contribution in [0.15, 0.2) is 53.7 Å². The van der Waals surface area contributed by atoms with Crippen LogP contribution in [0.4, 0.5) is 5.69 Å². The van der Waals surface area contributed by atoms with E-state index in [1.807, 2.05) is 54.0 Å². The molecular formula is C20H26IN7O. The van der Waals surface area contributed by atoms with Crippen LogP contribution in [0.3, 0.4) is 0 Å². The number of aliphatic imine (C=N–C) groups is 1. The van der Waals surface area contributed by atoms with Crippen LogP contribution in [0.1, 0.15) is 5.82 Å². The number of aromatic nitrogens is 3. The summed E-state index contributed by atoms with van der Waals surface area (Å²) in [6.45, 7) is 4.12. The second-order valence-corrected chi connectivity index (χ2v) is 6.73. The standard InChI is InChI=1S/C20H25N7O.HI/c1-21-20(22-10-9-19-24-23-18-8-4-5-11-27(18)19)26-14-12-25(13-15-26)16-6-2-3-7-17(16)28;/h2-8,11,28H,9-10,12-15H2,1H3,(H,21,22);1H. The zero-order valence-corrected chi connectivity index (χ0v) is 18.7. The number of hydrogen-bond acceptors (Lipinski definition) is 5. The van der Waals surface area contributed by atoms with Crippen molar-refractivity contribution in [2.24, 2.45) is 4.99 Å². The van der Waals surface area contributed by atoms with Gasteiger partial charge in [-0.2, -0.15) is 0 Å². The molecule has 4 rings (SSSR count). The molecule has 3 heterocycles. The van der Waals surface area contributed by atoms with Gasteiger partial charge in [-0.05, 0) is 24.3 Å². The summed E-state index contributed by atoms with van der Waals surface area (Å²) in [5.41, 5.74) is 1.76. The summed E-state index contributed by atoms with van der Waals surface area (Å²) >= 11 is 0. The largest absolute Gasteiger partial charge is 0.506 e. The van der Waals surface area contributed by atoms with Crippen molar-refractivity contribution in [1.29, 1.82) is 0 Å². The Morgan fingerprint density at radius 2 is 1.83 bits per heavy atom. The highest BCUT2D eigenvalue weighted by molar-refractivity contribution is 14.0. The van der Waals surface area contributed by atoms with Gasteiger partial charge >= 0.3 is 0 Å². The van der Waals surface area contributed by atoms with E-state index in [4.69, 9.17) is 0 Å². The predicted molar refractivity (Wildman–Crippen MR) is 125 cm³/mol. The molecule has 1 aliphatic heterocycles. The van der Waals surface area contributed by atoms with E-state index in [2.05, 4.69) is 30.3 Å². The lowest BCUT2D eigenvalue weighted by atomic mass is 10.2. The van der Waals surface area contributed by atoms with Crippen LogP contribution in [0.2, 0.25) is 0 Å². The van der Waals surface area contributed by atoms with E-state index < -0.39 is 0 Å². The van der Waals surface area contributed by atoms with Gasteiger partial charge in [0.25, 0.3) is 0 Å². The molecule has 8 nitrogen and oxygen atoms in total. The lowest BCUT2D eigenvalue weighted by Gasteiger charge is -2.37. The molecule has 29 heavy (non-hydrogen) atoms. The summed E-state index contributed by atoms with van der Waals surface area (Å²) in [6, 6.07) is 13.4. The quantitative estimate of drug-likeness (QED) is 0.320. The first kappa shape index (κ1) is 21.2. The van der Waals surface area contributed by atoms with Crippen LogP contribution in [-0.4, -0.2) is 70.3 Å². The van der Waals surface area contributed by atoms with Crippen LogP contribution in [0.5, 0.6) is 5.75 Å². The highest BCUT2D eigenvalue weighted by Crippen LogP contribution is 2.27. The maximum atomic E-state index is 10.1. The molecule has 0 aliphatic carbocycles. The van der Waals surface area contributed by atoms with Crippen LogP contribution in [0.25, 0.3) is 5.65 Å². The molecule has 154 valence electrons. The fourth-order valence-corrected chi connectivity index (χ4v) is 3.57. The van der Waals surface area contributed by atoms with Gasteiger partial charge in [0.15, 0.2) is 11.6 Å². The van der Waals surface area contributed by atoms with Crippen molar-refractivity contribution < 1.29 is 5.11 Å². The van der Waals surface area contributed by atoms with Crippen molar-refractivity contribution in [2.45, 2.75) is 6.42 Å². The molecule has 0 bridgehead atoms. The average molecular weight is 507 g/mol. The first-order valence-corrected chi connectivity index (χ1v) is 9.53. The number of phenols is 1. The lowest BCUT2D eigenvalue weighted by molar-refractivity contribution is 0.370. The number of pyridine rings is 1. The number of rotatable bonds is 4. The summed E-state index contributed by atoms with van der Waals surface area (Å²) < 4.78 is 2.01. The van der Waals surface area contributed by atoms with E-state index in [0.717, 1.165) is 62.3 Å². The van der Waals surface area contributed by atoms with Gasteiger partial charge in [0.1, 0.15) is 11.6 Å². The van der Waals surface area contributed by atoms with Gasteiger partial charge in [-0.3, -0.25) is 9.39 Å². The first-order valence-electron chi connectivity index (χ1n) is 9.53. The summed E-state index contributed by atoms with van der Waals surface area (Å²) in [6.07, 6.45) is 2.75. The Morgan fingerprint density at radius 3 is 2.59 bits per heavy atom. The van der Waals surface area contributed by atoms with Gasteiger partial charge < -0.3 is 20.2 Å². The van der Waals surface area contributed by atoms with Gasteiger partial charge in [0, 0.05) is 52.4 Å². The number of anilines is 1. The molecule has 3 aromatic rings. The van der Waals surface area contributed by atoms with Crippen LogP contribution < -0.4 is 10.2 Å². The van der Waals surface area contributed by atoms with Gasteiger partial charge in [0.05, 0.1) is 5.69 Å². The predicted octanol–water partition coefficient (Wildman–Crippen LogP) is 1.99. The minimum absolute atomic E-state index is 0. The molecule has 2 aromatic heterocycles.